The molecule has 0 N–H and O–H groups in total. The lowest BCUT2D eigenvalue weighted by molar-refractivity contribution is -0.119. The summed E-state index contributed by atoms with van der Waals surface area (Å²) in [4.78, 5) is 30.2. The molecule has 1 saturated heterocycles. The van der Waals surface area contributed by atoms with Gasteiger partial charge >= 0.3 is 0 Å². The molecule has 1 atom stereocenters. The number of likely N-dealkylation sites (tertiary alicyclic amines) is 1. The Hall–Kier alpha value is -3.60. The maximum Gasteiger partial charge on any atom is 0.253 e. The van der Waals surface area contributed by atoms with Crippen LogP contribution in [0.4, 0.5) is 11.4 Å². The number of nitrogens with zero attached hydrogens (tertiary/aromatic N) is 2. The first kappa shape index (κ1) is 21.3. The van der Waals surface area contributed by atoms with Crippen molar-refractivity contribution in [2.75, 3.05) is 25.1 Å². The van der Waals surface area contributed by atoms with E-state index in [0.717, 1.165) is 55.0 Å². The molecule has 1 unspecified atom stereocenters. The number of rotatable bonds is 5. The van der Waals surface area contributed by atoms with E-state index in [9.17, 15) is 9.59 Å². The van der Waals surface area contributed by atoms with Crippen LogP contribution >= 0.6 is 0 Å². The van der Waals surface area contributed by atoms with Crippen molar-refractivity contribution in [1.29, 1.82) is 0 Å². The van der Waals surface area contributed by atoms with Crippen LogP contribution in [-0.4, -0.2) is 36.9 Å². The number of piperidine rings is 1. The smallest absolute Gasteiger partial charge is 0.253 e. The summed E-state index contributed by atoms with van der Waals surface area (Å²) in [6.07, 6.45) is 2.65. The molecule has 2 amide bonds. The van der Waals surface area contributed by atoms with Gasteiger partial charge in [0.1, 0.15) is 5.75 Å². The second-order valence-electron chi connectivity index (χ2n) is 8.82. The number of anilines is 2. The molecule has 0 saturated carbocycles. The zero-order valence-corrected chi connectivity index (χ0v) is 18.8. The highest BCUT2D eigenvalue weighted by Gasteiger charge is 2.39. The number of hydrogen-bond acceptors (Lipinski definition) is 3. The molecular weight excluding hydrogens is 412 g/mol. The lowest BCUT2D eigenvalue weighted by atomic mass is 9.84. The summed E-state index contributed by atoms with van der Waals surface area (Å²) in [5, 5.41) is 0. The number of para-hydroxylation sites is 2. The van der Waals surface area contributed by atoms with E-state index < -0.39 is 0 Å². The minimum absolute atomic E-state index is 0.0636. The molecule has 0 aliphatic carbocycles. The number of carbonyl (C=O) groups excluding carboxylic acids is 2. The van der Waals surface area contributed by atoms with Crippen molar-refractivity contribution in [3.63, 3.8) is 0 Å². The second-order valence-corrected chi connectivity index (χ2v) is 8.82. The summed E-state index contributed by atoms with van der Waals surface area (Å²) in [6, 6.07) is 25.3. The Labute approximate surface area is 194 Å². The van der Waals surface area contributed by atoms with Gasteiger partial charge in [0.2, 0.25) is 5.91 Å². The van der Waals surface area contributed by atoms with Crippen LogP contribution in [0.25, 0.3) is 0 Å². The Bertz CT molecular complexity index is 1140. The van der Waals surface area contributed by atoms with Crippen molar-refractivity contribution >= 4 is 23.2 Å². The molecule has 2 heterocycles. The molecule has 0 bridgehead atoms. The molecule has 2 aliphatic heterocycles. The predicted molar refractivity (Wildman–Crippen MR) is 129 cm³/mol. The minimum atomic E-state index is -0.129. The van der Waals surface area contributed by atoms with Crippen molar-refractivity contribution in [1.82, 2.24) is 4.90 Å². The number of benzene rings is 3. The highest BCUT2D eigenvalue weighted by Crippen LogP contribution is 2.45. The van der Waals surface area contributed by atoms with Crippen molar-refractivity contribution in [2.24, 2.45) is 5.92 Å². The highest BCUT2D eigenvalue weighted by molar-refractivity contribution is 6.10. The highest BCUT2D eigenvalue weighted by atomic mass is 16.5. The van der Waals surface area contributed by atoms with Gasteiger partial charge in [-0.15, -0.1) is 0 Å². The second kappa shape index (κ2) is 9.10. The number of fused-ring (bicyclic) bond motifs is 1. The summed E-state index contributed by atoms with van der Waals surface area (Å²) in [5.41, 5.74) is 3.71. The van der Waals surface area contributed by atoms with E-state index in [1.165, 1.54) is 0 Å². The maximum atomic E-state index is 13.5. The molecule has 5 rings (SSSR count). The fourth-order valence-corrected chi connectivity index (χ4v) is 5.09. The van der Waals surface area contributed by atoms with E-state index in [4.69, 9.17) is 4.74 Å². The van der Waals surface area contributed by atoms with E-state index in [-0.39, 0.29) is 17.7 Å². The quantitative estimate of drug-likeness (QED) is 0.534. The van der Waals surface area contributed by atoms with Crippen LogP contribution in [0.1, 0.15) is 41.1 Å². The van der Waals surface area contributed by atoms with Crippen molar-refractivity contribution < 1.29 is 14.3 Å². The largest absolute Gasteiger partial charge is 0.497 e. The van der Waals surface area contributed by atoms with Crippen LogP contribution in [0.5, 0.6) is 5.75 Å². The molecule has 5 nitrogen and oxygen atoms in total. The average Bonchev–Trinajstić information content (AvgIpc) is 3.15. The van der Waals surface area contributed by atoms with Crippen LogP contribution in [0.3, 0.4) is 0 Å². The molecule has 0 spiro atoms. The zero-order chi connectivity index (χ0) is 22.8. The van der Waals surface area contributed by atoms with Gasteiger partial charge in [-0.1, -0.05) is 36.4 Å². The average molecular weight is 441 g/mol. The number of hydrogen-bond donors (Lipinski definition) is 0. The molecule has 0 aromatic heterocycles. The molecular formula is C28H28N2O3. The van der Waals surface area contributed by atoms with E-state index in [2.05, 4.69) is 6.07 Å². The SMILES string of the molecule is COc1ccc(C(=O)N2CCC(CC3C(=O)N(c4ccccc4)c4ccccc43)CC2)cc1. The Balaban J connectivity index is 1.26. The lowest BCUT2D eigenvalue weighted by Gasteiger charge is -2.33. The molecule has 3 aromatic carbocycles. The van der Waals surface area contributed by atoms with Gasteiger partial charge in [0.25, 0.3) is 5.91 Å². The van der Waals surface area contributed by atoms with Crippen molar-refractivity contribution in [2.45, 2.75) is 25.2 Å². The van der Waals surface area contributed by atoms with Gasteiger partial charge in [0, 0.05) is 24.3 Å². The lowest BCUT2D eigenvalue weighted by Crippen LogP contribution is -2.39. The summed E-state index contributed by atoms with van der Waals surface area (Å²) < 4.78 is 5.19. The van der Waals surface area contributed by atoms with Crippen LogP contribution < -0.4 is 9.64 Å². The first-order chi connectivity index (χ1) is 16.2. The van der Waals surface area contributed by atoms with Gasteiger partial charge in [-0.25, -0.2) is 0 Å². The van der Waals surface area contributed by atoms with Gasteiger partial charge in [0.05, 0.1) is 18.7 Å². The Morgan fingerprint density at radius 2 is 1.58 bits per heavy atom. The third kappa shape index (κ3) is 4.11. The third-order valence-electron chi connectivity index (χ3n) is 6.89. The van der Waals surface area contributed by atoms with Crippen molar-refractivity contribution in [3.05, 3.63) is 90.0 Å². The van der Waals surface area contributed by atoms with Gasteiger partial charge < -0.3 is 9.64 Å². The maximum absolute atomic E-state index is 13.5. The van der Waals surface area contributed by atoms with E-state index in [1.807, 2.05) is 82.6 Å². The van der Waals surface area contributed by atoms with Gasteiger partial charge in [-0.05, 0) is 73.2 Å². The Morgan fingerprint density at radius 1 is 0.909 bits per heavy atom. The Kier molecular flexibility index (Phi) is 5.86. The van der Waals surface area contributed by atoms with Gasteiger partial charge in [-0.3, -0.25) is 14.5 Å². The molecule has 0 radical (unpaired) electrons. The van der Waals surface area contributed by atoms with E-state index in [1.54, 1.807) is 7.11 Å². The van der Waals surface area contributed by atoms with Crippen LogP contribution in [0.2, 0.25) is 0 Å². The standard InChI is InChI=1S/C28H28N2O3/c1-33-23-13-11-21(12-14-23)27(31)29-17-15-20(16-18-29)19-25-24-9-5-6-10-26(24)30(28(25)32)22-7-3-2-4-8-22/h2-14,20,25H,15-19H2,1H3. The number of methoxy groups -OCH3 is 1. The molecule has 2 aliphatic rings. The van der Waals surface area contributed by atoms with Gasteiger partial charge in [0.15, 0.2) is 0 Å². The van der Waals surface area contributed by atoms with E-state index in [0.29, 0.717) is 11.5 Å². The fourth-order valence-electron chi connectivity index (χ4n) is 5.09. The van der Waals surface area contributed by atoms with Crippen LogP contribution in [0, 0.1) is 5.92 Å². The summed E-state index contributed by atoms with van der Waals surface area (Å²) in [5.74, 6) is 1.25. The monoisotopic (exact) mass is 440 g/mol. The summed E-state index contributed by atoms with van der Waals surface area (Å²) in [7, 11) is 1.62. The minimum Gasteiger partial charge on any atom is -0.497 e. The van der Waals surface area contributed by atoms with E-state index >= 15 is 0 Å². The number of ether oxygens (including phenoxy) is 1. The third-order valence-corrected chi connectivity index (χ3v) is 6.89. The molecule has 168 valence electrons. The van der Waals surface area contributed by atoms with Crippen LogP contribution in [-0.2, 0) is 4.79 Å². The molecule has 33 heavy (non-hydrogen) atoms. The summed E-state index contributed by atoms with van der Waals surface area (Å²) in [6.45, 7) is 1.45. The van der Waals surface area contributed by atoms with Gasteiger partial charge in [-0.2, -0.15) is 0 Å². The number of carbonyl (C=O) groups is 2. The topological polar surface area (TPSA) is 49.9 Å². The first-order valence-corrected chi connectivity index (χ1v) is 11.6. The molecule has 1 fully saturated rings. The van der Waals surface area contributed by atoms with Crippen molar-refractivity contribution in [3.8, 4) is 5.75 Å². The fraction of sp³-hybridized carbons (Fsp3) is 0.286. The number of amides is 2. The summed E-state index contributed by atoms with van der Waals surface area (Å²) >= 11 is 0. The molecule has 3 aromatic rings. The first-order valence-electron chi connectivity index (χ1n) is 11.6. The predicted octanol–water partition coefficient (Wildman–Crippen LogP) is 5.40. The van der Waals surface area contributed by atoms with Crippen LogP contribution in [0.15, 0.2) is 78.9 Å². The normalized spacial score (nSPS) is 18.3. The zero-order valence-electron chi connectivity index (χ0n) is 18.8. The Morgan fingerprint density at radius 3 is 2.27 bits per heavy atom. The molecule has 5 heteroatoms.